The molecule has 10 heteroatoms. The van der Waals surface area contributed by atoms with Gasteiger partial charge in [-0.2, -0.15) is 0 Å². The Morgan fingerprint density at radius 1 is 1.23 bits per heavy atom. The van der Waals surface area contributed by atoms with Gasteiger partial charge in [0.1, 0.15) is 5.82 Å². The van der Waals surface area contributed by atoms with Crippen molar-refractivity contribution in [1.82, 2.24) is 0 Å². The Hall–Kier alpha value is -3.01. The van der Waals surface area contributed by atoms with E-state index in [1.165, 1.54) is 18.2 Å². The van der Waals surface area contributed by atoms with Crippen LogP contribution in [0.15, 0.2) is 36.4 Å². The number of nitrogens with zero attached hydrogens (tertiary/aromatic N) is 1. The predicted molar refractivity (Wildman–Crippen MR) is 95.3 cm³/mol. The van der Waals surface area contributed by atoms with Gasteiger partial charge in [0.15, 0.2) is 0 Å². The van der Waals surface area contributed by atoms with Gasteiger partial charge in [0, 0.05) is 17.3 Å². The number of hydrogen-bond donors (Lipinski definition) is 2. The van der Waals surface area contributed by atoms with Crippen LogP contribution in [0.3, 0.4) is 0 Å². The van der Waals surface area contributed by atoms with Gasteiger partial charge in [-0.05, 0) is 30.7 Å². The molecule has 0 aliphatic carbocycles. The maximum Gasteiger partial charge on any atom is 0.274 e. The third kappa shape index (κ3) is 4.76. The van der Waals surface area contributed by atoms with E-state index >= 15 is 0 Å². The van der Waals surface area contributed by atoms with Crippen LogP contribution in [-0.2, 0) is 16.4 Å². The van der Waals surface area contributed by atoms with Gasteiger partial charge in [0.05, 0.1) is 22.4 Å². The summed E-state index contributed by atoms with van der Waals surface area (Å²) in [5, 5.41) is 13.5. The summed E-state index contributed by atoms with van der Waals surface area (Å²) in [6.45, 7) is 1.76. The monoisotopic (exact) mass is 381 g/mol. The zero-order valence-electron chi connectivity index (χ0n) is 13.9. The normalized spacial score (nSPS) is 11.0. The first-order valence-electron chi connectivity index (χ1n) is 7.46. The molecule has 0 spiro atoms. The molecule has 2 rings (SSSR count). The second-order valence-electron chi connectivity index (χ2n) is 5.47. The zero-order valence-corrected chi connectivity index (χ0v) is 14.8. The highest BCUT2D eigenvalue weighted by Gasteiger charge is 2.18. The molecule has 1 amide bonds. The first-order chi connectivity index (χ1) is 12.1. The summed E-state index contributed by atoms with van der Waals surface area (Å²) in [4.78, 5) is 23.0. The Labute approximate surface area is 149 Å². The second kappa shape index (κ2) is 7.48. The molecule has 0 saturated carbocycles. The number of anilines is 2. The largest absolute Gasteiger partial charge is 0.322 e. The third-order valence-corrected chi connectivity index (χ3v) is 4.03. The molecule has 0 aliphatic heterocycles. The van der Waals surface area contributed by atoms with Crippen LogP contribution in [-0.4, -0.2) is 25.5 Å². The molecule has 0 aliphatic rings. The molecule has 0 radical (unpaired) electrons. The Balaban J connectivity index is 2.37. The van der Waals surface area contributed by atoms with Crippen LogP contribution in [0.2, 0.25) is 0 Å². The summed E-state index contributed by atoms with van der Waals surface area (Å²) < 4.78 is 38.4. The first kappa shape index (κ1) is 19.3. The number of nitro benzene ring substituents is 1. The number of sulfonamides is 1. The van der Waals surface area contributed by atoms with Crippen molar-refractivity contribution in [3.63, 3.8) is 0 Å². The molecular formula is C16H16FN3O5S. The van der Waals surface area contributed by atoms with E-state index in [0.29, 0.717) is 12.0 Å². The van der Waals surface area contributed by atoms with Gasteiger partial charge < -0.3 is 5.32 Å². The summed E-state index contributed by atoms with van der Waals surface area (Å²) in [6.07, 6.45) is 1.34. The Morgan fingerprint density at radius 2 is 1.92 bits per heavy atom. The predicted octanol–water partition coefficient (Wildman–Crippen LogP) is 2.92. The number of aryl methyl sites for hydroxylation is 1. The number of amides is 1. The Bertz CT molecular complexity index is 976. The highest BCUT2D eigenvalue weighted by atomic mass is 32.2. The molecule has 0 aromatic heterocycles. The van der Waals surface area contributed by atoms with E-state index in [2.05, 4.69) is 10.0 Å². The topological polar surface area (TPSA) is 118 Å². The maximum atomic E-state index is 13.5. The lowest BCUT2D eigenvalue weighted by atomic mass is 10.1. The summed E-state index contributed by atoms with van der Waals surface area (Å²) in [6, 6.07) is 7.18. The number of halogens is 1. The molecule has 0 heterocycles. The average molecular weight is 381 g/mol. The van der Waals surface area contributed by atoms with Crippen LogP contribution >= 0.6 is 0 Å². The van der Waals surface area contributed by atoms with Crippen molar-refractivity contribution in [2.75, 3.05) is 16.3 Å². The van der Waals surface area contributed by atoms with Gasteiger partial charge in [0.25, 0.3) is 11.6 Å². The lowest BCUT2D eigenvalue weighted by Crippen LogP contribution is -2.18. The first-order valence-corrected chi connectivity index (χ1v) is 9.36. The van der Waals surface area contributed by atoms with E-state index in [4.69, 9.17) is 0 Å². The standard InChI is InChI=1S/C16H16FN3O5S/c1-3-10-4-6-12(9-15(10)20(22)23)18-16(21)13-8-11(17)5-7-14(13)19-26(2,24)25/h4-9,19H,3H2,1-2H3,(H,18,21). The van der Waals surface area contributed by atoms with Gasteiger partial charge in [-0.3, -0.25) is 19.6 Å². The van der Waals surface area contributed by atoms with E-state index in [-0.39, 0.29) is 22.6 Å². The van der Waals surface area contributed by atoms with Crippen molar-refractivity contribution in [3.8, 4) is 0 Å². The SMILES string of the molecule is CCc1ccc(NC(=O)c2cc(F)ccc2NS(C)(=O)=O)cc1[N+](=O)[O-]. The molecule has 2 aromatic carbocycles. The summed E-state index contributed by atoms with van der Waals surface area (Å²) >= 11 is 0. The summed E-state index contributed by atoms with van der Waals surface area (Å²) in [7, 11) is -3.69. The quantitative estimate of drug-likeness (QED) is 0.589. The van der Waals surface area contributed by atoms with Gasteiger partial charge in [-0.25, -0.2) is 12.8 Å². The molecule has 0 unspecified atom stereocenters. The van der Waals surface area contributed by atoms with Crippen molar-refractivity contribution >= 4 is 33.0 Å². The van der Waals surface area contributed by atoms with Gasteiger partial charge in [-0.15, -0.1) is 0 Å². The number of carbonyl (C=O) groups is 1. The van der Waals surface area contributed by atoms with Crippen LogP contribution in [0, 0.1) is 15.9 Å². The highest BCUT2D eigenvalue weighted by molar-refractivity contribution is 7.92. The molecule has 8 nitrogen and oxygen atoms in total. The van der Waals surface area contributed by atoms with Crippen LogP contribution < -0.4 is 10.0 Å². The van der Waals surface area contributed by atoms with E-state index in [0.717, 1.165) is 24.5 Å². The zero-order chi connectivity index (χ0) is 19.5. The summed E-state index contributed by atoms with van der Waals surface area (Å²) in [5.41, 5.74) is 0.120. The molecule has 2 aromatic rings. The van der Waals surface area contributed by atoms with E-state index < -0.39 is 26.7 Å². The van der Waals surface area contributed by atoms with Crippen molar-refractivity contribution < 1.29 is 22.5 Å². The minimum absolute atomic E-state index is 0.105. The highest BCUT2D eigenvalue weighted by Crippen LogP contribution is 2.25. The molecular weight excluding hydrogens is 365 g/mol. The van der Waals surface area contributed by atoms with Crippen LogP contribution in [0.4, 0.5) is 21.5 Å². The fourth-order valence-corrected chi connectivity index (χ4v) is 2.88. The lowest BCUT2D eigenvalue weighted by molar-refractivity contribution is -0.385. The van der Waals surface area contributed by atoms with E-state index in [9.17, 15) is 27.7 Å². The average Bonchev–Trinajstić information content (AvgIpc) is 2.55. The fourth-order valence-electron chi connectivity index (χ4n) is 2.30. The summed E-state index contributed by atoms with van der Waals surface area (Å²) in [5.74, 6) is -1.55. The molecule has 138 valence electrons. The van der Waals surface area contributed by atoms with Crippen molar-refractivity contribution in [2.45, 2.75) is 13.3 Å². The van der Waals surface area contributed by atoms with Crippen LogP contribution in [0.5, 0.6) is 0 Å². The van der Waals surface area contributed by atoms with Gasteiger partial charge in [0.2, 0.25) is 10.0 Å². The molecule has 0 saturated heterocycles. The van der Waals surface area contributed by atoms with Gasteiger partial charge >= 0.3 is 0 Å². The van der Waals surface area contributed by atoms with E-state index in [1.54, 1.807) is 6.92 Å². The second-order valence-corrected chi connectivity index (χ2v) is 7.22. The number of hydrogen-bond acceptors (Lipinski definition) is 5. The number of benzene rings is 2. The van der Waals surface area contributed by atoms with Crippen molar-refractivity contribution in [3.05, 3.63) is 63.5 Å². The molecule has 2 N–H and O–H groups in total. The third-order valence-electron chi connectivity index (χ3n) is 3.44. The van der Waals surface area contributed by atoms with Gasteiger partial charge in [-0.1, -0.05) is 13.0 Å². The minimum atomic E-state index is -3.69. The molecule has 0 bridgehead atoms. The number of nitrogens with one attached hydrogen (secondary N) is 2. The Morgan fingerprint density at radius 3 is 2.50 bits per heavy atom. The molecule has 0 atom stereocenters. The van der Waals surface area contributed by atoms with Crippen molar-refractivity contribution in [2.24, 2.45) is 0 Å². The Kier molecular flexibility index (Phi) is 5.56. The number of rotatable bonds is 6. The smallest absolute Gasteiger partial charge is 0.274 e. The number of carbonyl (C=O) groups excluding carboxylic acids is 1. The van der Waals surface area contributed by atoms with Crippen molar-refractivity contribution in [1.29, 1.82) is 0 Å². The molecule has 26 heavy (non-hydrogen) atoms. The minimum Gasteiger partial charge on any atom is -0.322 e. The maximum absolute atomic E-state index is 13.5. The molecule has 0 fully saturated rings. The fraction of sp³-hybridized carbons (Fsp3) is 0.188. The van der Waals surface area contributed by atoms with Crippen LogP contribution in [0.25, 0.3) is 0 Å². The van der Waals surface area contributed by atoms with Crippen LogP contribution in [0.1, 0.15) is 22.8 Å². The number of nitro groups is 1. The van der Waals surface area contributed by atoms with E-state index in [1.807, 2.05) is 0 Å². The lowest BCUT2D eigenvalue weighted by Gasteiger charge is -2.12.